The molecule has 16 heavy (non-hydrogen) atoms. The van der Waals surface area contributed by atoms with Crippen molar-refractivity contribution < 1.29 is 17.9 Å². The fourth-order valence-electron chi connectivity index (χ4n) is 1.08. The molecule has 0 atom stereocenters. The fraction of sp³-hybridized carbons (Fsp3) is 0.444. The summed E-state index contributed by atoms with van der Waals surface area (Å²) in [5.41, 5.74) is 0. The second-order valence-corrected chi connectivity index (χ2v) is 4.80. The lowest BCUT2D eigenvalue weighted by Crippen LogP contribution is -2.26. The van der Waals surface area contributed by atoms with Crippen LogP contribution in [0.4, 0.5) is 4.39 Å². The Morgan fingerprint density at radius 1 is 1.44 bits per heavy atom. The first kappa shape index (κ1) is 13.0. The number of unbranched alkanes of at least 4 members (excludes halogenated alkanes) is 1. The van der Waals surface area contributed by atoms with E-state index in [4.69, 9.17) is 5.11 Å². The van der Waals surface area contributed by atoms with Gasteiger partial charge in [0.15, 0.2) is 5.82 Å². The van der Waals surface area contributed by atoms with Crippen LogP contribution in [0.1, 0.15) is 12.8 Å². The molecule has 0 aliphatic carbocycles. The molecule has 0 aliphatic rings. The third-order valence-corrected chi connectivity index (χ3v) is 3.25. The van der Waals surface area contributed by atoms with Crippen molar-refractivity contribution in [3.05, 3.63) is 24.1 Å². The number of pyridine rings is 1. The summed E-state index contributed by atoms with van der Waals surface area (Å²) in [6.45, 7) is 0.151. The summed E-state index contributed by atoms with van der Waals surface area (Å²) < 4.78 is 38.4. The molecule has 0 amide bonds. The zero-order valence-electron chi connectivity index (χ0n) is 8.56. The average molecular weight is 248 g/mol. The monoisotopic (exact) mass is 248 g/mol. The summed E-state index contributed by atoms with van der Waals surface area (Å²) in [6.07, 6.45) is 2.20. The van der Waals surface area contributed by atoms with E-state index in [0.717, 1.165) is 6.07 Å². The second-order valence-electron chi connectivity index (χ2n) is 3.12. The zero-order valence-corrected chi connectivity index (χ0v) is 9.37. The molecule has 0 bridgehead atoms. The van der Waals surface area contributed by atoms with Crippen molar-refractivity contribution >= 4 is 10.0 Å². The number of aliphatic hydroxyl groups is 1. The van der Waals surface area contributed by atoms with Gasteiger partial charge < -0.3 is 5.11 Å². The summed E-state index contributed by atoms with van der Waals surface area (Å²) in [4.78, 5) is 3.47. The Hall–Kier alpha value is -1.05. The Kier molecular flexibility index (Phi) is 4.78. The van der Waals surface area contributed by atoms with E-state index < -0.39 is 20.9 Å². The van der Waals surface area contributed by atoms with E-state index in [9.17, 15) is 12.8 Å². The van der Waals surface area contributed by atoms with Gasteiger partial charge in [-0.3, -0.25) is 0 Å². The van der Waals surface area contributed by atoms with Gasteiger partial charge in [0.25, 0.3) is 10.0 Å². The Bertz CT molecular complexity index is 436. The van der Waals surface area contributed by atoms with Gasteiger partial charge in [-0.25, -0.2) is 22.5 Å². The number of rotatable bonds is 6. The Morgan fingerprint density at radius 3 is 2.81 bits per heavy atom. The van der Waals surface area contributed by atoms with Gasteiger partial charge >= 0.3 is 0 Å². The van der Waals surface area contributed by atoms with E-state index in [1.54, 1.807) is 0 Å². The van der Waals surface area contributed by atoms with Crippen LogP contribution in [0.2, 0.25) is 0 Å². The quantitative estimate of drug-likeness (QED) is 0.708. The minimum Gasteiger partial charge on any atom is -0.396 e. The lowest BCUT2D eigenvalue weighted by Gasteiger charge is -2.05. The van der Waals surface area contributed by atoms with Gasteiger partial charge in [0.05, 0.1) is 0 Å². The normalized spacial score (nSPS) is 11.6. The number of halogens is 1. The maximum atomic E-state index is 13.1. The third kappa shape index (κ3) is 3.51. The molecule has 7 heteroatoms. The highest BCUT2D eigenvalue weighted by Crippen LogP contribution is 2.09. The Morgan fingerprint density at radius 2 is 2.19 bits per heavy atom. The predicted octanol–water partition coefficient (Wildman–Crippen LogP) is 0.271. The fourth-order valence-corrected chi connectivity index (χ4v) is 2.15. The molecule has 0 unspecified atom stereocenters. The molecule has 1 rings (SSSR count). The van der Waals surface area contributed by atoms with Gasteiger partial charge in [-0.15, -0.1) is 0 Å². The molecule has 0 saturated heterocycles. The highest BCUT2D eigenvalue weighted by Gasteiger charge is 2.19. The van der Waals surface area contributed by atoms with Crippen molar-refractivity contribution in [2.75, 3.05) is 13.2 Å². The van der Waals surface area contributed by atoms with Crippen molar-refractivity contribution in [1.82, 2.24) is 9.71 Å². The van der Waals surface area contributed by atoms with E-state index in [0.29, 0.717) is 12.8 Å². The number of aliphatic hydroxyl groups excluding tert-OH is 1. The first-order valence-electron chi connectivity index (χ1n) is 4.79. The Labute approximate surface area is 93.4 Å². The molecular weight excluding hydrogens is 235 g/mol. The minimum absolute atomic E-state index is 0.000322. The van der Waals surface area contributed by atoms with E-state index >= 15 is 0 Å². The summed E-state index contributed by atoms with van der Waals surface area (Å²) in [7, 11) is -3.89. The lowest BCUT2D eigenvalue weighted by atomic mass is 10.3. The Balaban J connectivity index is 2.68. The van der Waals surface area contributed by atoms with Crippen LogP contribution in [0.5, 0.6) is 0 Å². The van der Waals surface area contributed by atoms with Crippen molar-refractivity contribution in [3.8, 4) is 0 Å². The number of hydrogen-bond acceptors (Lipinski definition) is 4. The van der Waals surface area contributed by atoms with Crippen molar-refractivity contribution in [2.24, 2.45) is 0 Å². The van der Waals surface area contributed by atoms with Crippen LogP contribution in [0.15, 0.2) is 23.4 Å². The van der Waals surface area contributed by atoms with Crippen LogP contribution in [0.3, 0.4) is 0 Å². The molecule has 0 aliphatic heterocycles. The van der Waals surface area contributed by atoms with E-state index in [1.165, 1.54) is 12.3 Å². The van der Waals surface area contributed by atoms with Gasteiger partial charge in [-0.05, 0) is 25.0 Å². The molecule has 0 aromatic carbocycles. The predicted molar refractivity (Wildman–Crippen MR) is 55.7 cm³/mol. The summed E-state index contributed by atoms with van der Waals surface area (Å²) in [5.74, 6) is -0.878. The SMILES string of the molecule is O=S(=O)(NCCCCO)c1ncccc1F. The smallest absolute Gasteiger partial charge is 0.261 e. The maximum absolute atomic E-state index is 13.1. The van der Waals surface area contributed by atoms with Gasteiger partial charge in [0.1, 0.15) is 0 Å². The molecule has 0 fully saturated rings. The number of nitrogens with one attached hydrogen (secondary N) is 1. The molecular formula is C9H13FN2O3S. The number of aromatic nitrogens is 1. The van der Waals surface area contributed by atoms with Gasteiger partial charge in [-0.2, -0.15) is 0 Å². The number of hydrogen-bond donors (Lipinski definition) is 2. The van der Waals surface area contributed by atoms with Gasteiger partial charge in [0.2, 0.25) is 5.03 Å². The minimum atomic E-state index is -3.89. The highest BCUT2D eigenvalue weighted by molar-refractivity contribution is 7.89. The van der Waals surface area contributed by atoms with E-state index in [-0.39, 0.29) is 13.2 Å². The van der Waals surface area contributed by atoms with Crippen molar-refractivity contribution in [1.29, 1.82) is 0 Å². The summed E-state index contributed by atoms with van der Waals surface area (Å²) >= 11 is 0. The third-order valence-electron chi connectivity index (χ3n) is 1.86. The molecule has 1 aromatic rings. The first-order chi connectivity index (χ1) is 7.58. The molecule has 0 radical (unpaired) electrons. The standard InChI is InChI=1S/C9H13FN2O3S/c10-8-4-3-5-11-9(8)16(14,15)12-6-1-2-7-13/h3-5,12-13H,1-2,6-7H2. The van der Waals surface area contributed by atoms with Crippen molar-refractivity contribution in [2.45, 2.75) is 17.9 Å². The summed E-state index contributed by atoms with van der Waals surface area (Å²) in [6, 6.07) is 2.36. The van der Waals surface area contributed by atoms with Crippen LogP contribution in [0.25, 0.3) is 0 Å². The highest BCUT2D eigenvalue weighted by atomic mass is 32.2. The second kappa shape index (κ2) is 5.88. The van der Waals surface area contributed by atoms with Gasteiger partial charge in [-0.1, -0.05) is 0 Å². The topological polar surface area (TPSA) is 79.3 Å². The van der Waals surface area contributed by atoms with Crippen LogP contribution >= 0.6 is 0 Å². The van der Waals surface area contributed by atoms with E-state index in [1.807, 2.05) is 0 Å². The van der Waals surface area contributed by atoms with Crippen molar-refractivity contribution in [3.63, 3.8) is 0 Å². The lowest BCUT2D eigenvalue weighted by molar-refractivity contribution is 0.285. The van der Waals surface area contributed by atoms with Crippen LogP contribution < -0.4 is 4.72 Å². The van der Waals surface area contributed by atoms with E-state index in [2.05, 4.69) is 9.71 Å². The largest absolute Gasteiger partial charge is 0.396 e. The van der Waals surface area contributed by atoms with Crippen LogP contribution in [0, 0.1) is 5.82 Å². The molecule has 0 saturated carbocycles. The van der Waals surface area contributed by atoms with Crippen LogP contribution in [-0.2, 0) is 10.0 Å². The molecule has 5 nitrogen and oxygen atoms in total. The van der Waals surface area contributed by atoms with Crippen LogP contribution in [-0.4, -0.2) is 31.7 Å². The number of nitrogens with zero attached hydrogens (tertiary/aromatic N) is 1. The first-order valence-corrected chi connectivity index (χ1v) is 6.27. The zero-order chi connectivity index (χ0) is 12.0. The molecule has 1 heterocycles. The molecule has 2 N–H and O–H groups in total. The average Bonchev–Trinajstić information content (AvgIpc) is 2.25. The summed E-state index contributed by atoms with van der Waals surface area (Å²) in [5, 5.41) is 7.91. The molecule has 1 aromatic heterocycles. The number of sulfonamides is 1. The maximum Gasteiger partial charge on any atom is 0.261 e. The molecule has 90 valence electrons. The van der Waals surface area contributed by atoms with Gasteiger partial charge in [0, 0.05) is 19.3 Å². The molecule has 0 spiro atoms.